The van der Waals surface area contributed by atoms with Crippen LogP contribution in [0.5, 0.6) is 0 Å². The molecule has 1 rings (SSSR count). The summed E-state index contributed by atoms with van der Waals surface area (Å²) in [5.41, 5.74) is 6.83. The first kappa shape index (κ1) is 14.3. The van der Waals surface area contributed by atoms with Gasteiger partial charge in [-0.2, -0.15) is 0 Å². The first-order valence-electron chi connectivity index (χ1n) is 5.95. The number of ether oxygens (including phenoxy) is 2. The van der Waals surface area contributed by atoms with Crippen molar-refractivity contribution < 1.29 is 14.3 Å². The molecule has 1 aromatic carbocycles. The van der Waals surface area contributed by atoms with E-state index in [1.54, 1.807) is 24.3 Å². The second-order valence-electron chi connectivity index (χ2n) is 4.35. The quantitative estimate of drug-likeness (QED) is 0.602. The van der Waals surface area contributed by atoms with E-state index in [0.29, 0.717) is 30.5 Å². The minimum absolute atomic E-state index is 0.244. The molecule has 0 aliphatic rings. The minimum atomic E-state index is -0.493. The number of anilines is 2. The van der Waals surface area contributed by atoms with Gasteiger partial charge in [0, 0.05) is 18.0 Å². The average molecular weight is 252 g/mol. The van der Waals surface area contributed by atoms with Crippen LogP contribution >= 0.6 is 0 Å². The molecule has 5 nitrogen and oxygen atoms in total. The highest BCUT2D eigenvalue weighted by Gasteiger charge is 2.02. The zero-order valence-corrected chi connectivity index (χ0v) is 10.8. The topological polar surface area (TPSA) is 73.6 Å². The van der Waals surface area contributed by atoms with Gasteiger partial charge in [0.25, 0.3) is 0 Å². The van der Waals surface area contributed by atoms with Gasteiger partial charge in [-0.05, 0) is 30.2 Å². The van der Waals surface area contributed by atoms with E-state index in [0.717, 1.165) is 0 Å². The van der Waals surface area contributed by atoms with Crippen molar-refractivity contribution in [2.24, 2.45) is 5.92 Å². The molecule has 18 heavy (non-hydrogen) atoms. The van der Waals surface area contributed by atoms with Gasteiger partial charge in [-0.3, -0.25) is 5.32 Å². The van der Waals surface area contributed by atoms with Crippen molar-refractivity contribution in [1.29, 1.82) is 0 Å². The van der Waals surface area contributed by atoms with Gasteiger partial charge in [0.15, 0.2) is 0 Å². The fraction of sp³-hybridized carbons (Fsp3) is 0.462. The fourth-order valence-electron chi connectivity index (χ4n) is 1.23. The van der Waals surface area contributed by atoms with Gasteiger partial charge in [0.05, 0.1) is 6.61 Å². The maximum atomic E-state index is 11.4. The first-order chi connectivity index (χ1) is 8.58. The Balaban J connectivity index is 2.16. The van der Waals surface area contributed by atoms with E-state index in [1.807, 2.05) is 0 Å². The van der Waals surface area contributed by atoms with E-state index >= 15 is 0 Å². The minimum Gasteiger partial charge on any atom is -0.447 e. The monoisotopic (exact) mass is 252 g/mol. The summed E-state index contributed by atoms with van der Waals surface area (Å²) in [6, 6.07) is 6.85. The molecule has 0 spiro atoms. The summed E-state index contributed by atoms with van der Waals surface area (Å²) in [6.07, 6.45) is -0.493. The molecule has 0 aliphatic heterocycles. The molecule has 0 radical (unpaired) electrons. The highest BCUT2D eigenvalue weighted by molar-refractivity contribution is 5.84. The molecular formula is C13H20N2O3. The number of benzene rings is 1. The lowest BCUT2D eigenvalue weighted by Gasteiger charge is -2.08. The number of carbonyl (C=O) groups excluding carboxylic acids is 1. The number of hydrogen-bond donors (Lipinski definition) is 2. The van der Waals surface area contributed by atoms with Crippen LogP contribution < -0.4 is 11.1 Å². The largest absolute Gasteiger partial charge is 0.447 e. The first-order valence-corrected chi connectivity index (χ1v) is 5.95. The maximum absolute atomic E-state index is 11.4. The summed E-state index contributed by atoms with van der Waals surface area (Å²) in [5, 5.41) is 2.60. The van der Waals surface area contributed by atoms with Crippen LogP contribution in [-0.2, 0) is 9.47 Å². The number of nitrogens with two attached hydrogens (primary N) is 1. The predicted molar refractivity (Wildman–Crippen MR) is 71.5 cm³/mol. The fourth-order valence-corrected chi connectivity index (χ4v) is 1.23. The van der Waals surface area contributed by atoms with Crippen molar-refractivity contribution in [2.45, 2.75) is 13.8 Å². The SMILES string of the molecule is CC(C)COCCOC(=O)Nc1ccc(N)cc1. The van der Waals surface area contributed by atoms with E-state index in [4.69, 9.17) is 15.2 Å². The second-order valence-corrected chi connectivity index (χ2v) is 4.35. The molecule has 0 unspecified atom stereocenters. The molecule has 1 aromatic rings. The molecule has 0 saturated heterocycles. The van der Waals surface area contributed by atoms with Gasteiger partial charge in [0.1, 0.15) is 6.61 Å². The Bertz CT molecular complexity index is 363. The zero-order chi connectivity index (χ0) is 13.4. The van der Waals surface area contributed by atoms with Crippen LogP contribution in [0.4, 0.5) is 16.2 Å². The number of carbonyl (C=O) groups is 1. The Hall–Kier alpha value is -1.75. The lowest BCUT2D eigenvalue weighted by Crippen LogP contribution is -2.17. The Morgan fingerprint density at radius 2 is 1.94 bits per heavy atom. The summed E-state index contributed by atoms with van der Waals surface area (Å²) >= 11 is 0. The number of hydrogen-bond acceptors (Lipinski definition) is 4. The molecule has 1 amide bonds. The Kier molecular flexibility index (Phi) is 6.00. The van der Waals surface area contributed by atoms with Crippen LogP contribution in [0.25, 0.3) is 0 Å². The van der Waals surface area contributed by atoms with Crippen LogP contribution in [0.15, 0.2) is 24.3 Å². The molecule has 0 aromatic heterocycles. The number of rotatable bonds is 6. The lowest BCUT2D eigenvalue weighted by atomic mass is 10.2. The zero-order valence-electron chi connectivity index (χ0n) is 10.8. The molecule has 0 fully saturated rings. The van der Waals surface area contributed by atoms with Gasteiger partial charge in [-0.1, -0.05) is 13.8 Å². The van der Waals surface area contributed by atoms with E-state index in [1.165, 1.54) is 0 Å². The molecule has 0 saturated carbocycles. The summed E-state index contributed by atoms with van der Waals surface area (Å²) in [5.74, 6) is 0.480. The third kappa shape index (κ3) is 6.10. The normalized spacial score (nSPS) is 10.4. The highest BCUT2D eigenvalue weighted by Crippen LogP contribution is 2.10. The van der Waals surface area contributed by atoms with Crippen molar-refractivity contribution in [2.75, 3.05) is 30.9 Å². The summed E-state index contributed by atoms with van der Waals surface area (Å²) < 4.78 is 10.2. The number of nitrogen functional groups attached to an aromatic ring is 1. The molecule has 0 bridgehead atoms. The van der Waals surface area contributed by atoms with Crippen molar-refractivity contribution in [3.63, 3.8) is 0 Å². The van der Waals surface area contributed by atoms with E-state index < -0.39 is 6.09 Å². The number of amides is 1. The summed E-state index contributed by atoms with van der Waals surface area (Å²) in [4.78, 5) is 11.4. The Morgan fingerprint density at radius 3 is 2.56 bits per heavy atom. The van der Waals surface area contributed by atoms with Gasteiger partial charge in [0.2, 0.25) is 0 Å². The lowest BCUT2D eigenvalue weighted by molar-refractivity contribution is 0.0650. The Morgan fingerprint density at radius 1 is 1.28 bits per heavy atom. The maximum Gasteiger partial charge on any atom is 0.411 e. The van der Waals surface area contributed by atoms with Crippen LogP contribution in [0.2, 0.25) is 0 Å². The molecule has 0 aliphatic carbocycles. The standard InChI is InChI=1S/C13H20N2O3/c1-10(2)9-17-7-8-18-13(16)15-12-5-3-11(14)4-6-12/h3-6,10H,7-9,14H2,1-2H3,(H,15,16). The van der Waals surface area contributed by atoms with Gasteiger partial charge in [-0.15, -0.1) is 0 Å². The predicted octanol–water partition coefficient (Wildman–Crippen LogP) is 2.49. The Labute approximate surface area is 107 Å². The van der Waals surface area contributed by atoms with E-state index in [-0.39, 0.29) is 6.61 Å². The molecular weight excluding hydrogens is 232 g/mol. The molecule has 100 valence electrons. The third-order valence-electron chi connectivity index (χ3n) is 2.07. The average Bonchev–Trinajstić information content (AvgIpc) is 2.31. The molecule has 3 N–H and O–H groups in total. The smallest absolute Gasteiger partial charge is 0.411 e. The third-order valence-corrected chi connectivity index (χ3v) is 2.07. The van der Waals surface area contributed by atoms with Crippen LogP contribution in [-0.4, -0.2) is 25.9 Å². The summed E-state index contributed by atoms with van der Waals surface area (Å²) in [7, 11) is 0. The molecule has 5 heteroatoms. The molecule has 0 atom stereocenters. The van der Waals surface area contributed by atoms with Gasteiger partial charge < -0.3 is 15.2 Å². The van der Waals surface area contributed by atoms with Crippen molar-refractivity contribution in [3.05, 3.63) is 24.3 Å². The van der Waals surface area contributed by atoms with E-state index in [2.05, 4.69) is 19.2 Å². The van der Waals surface area contributed by atoms with Gasteiger partial charge in [-0.25, -0.2) is 4.79 Å². The van der Waals surface area contributed by atoms with Crippen LogP contribution in [0.3, 0.4) is 0 Å². The number of nitrogens with one attached hydrogen (secondary N) is 1. The second kappa shape index (κ2) is 7.55. The van der Waals surface area contributed by atoms with Crippen molar-refractivity contribution in [3.8, 4) is 0 Å². The molecule has 0 heterocycles. The summed E-state index contributed by atoms with van der Waals surface area (Å²) in [6.45, 7) is 5.45. The van der Waals surface area contributed by atoms with Gasteiger partial charge >= 0.3 is 6.09 Å². The van der Waals surface area contributed by atoms with E-state index in [9.17, 15) is 4.79 Å². The van der Waals surface area contributed by atoms with Crippen LogP contribution in [0, 0.1) is 5.92 Å². The van der Waals surface area contributed by atoms with Crippen molar-refractivity contribution in [1.82, 2.24) is 0 Å². The van der Waals surface area contributed by atoms with Crippen LogP contribution in [0.1, 0.15) is 13.8 Å². The highest BCUT2D eigenvalue weighted by atomic mass is 16.6. The van der Waals surface area contributed by atoms with Crippen molar-refractivity contribution >= 4 is 17.5 Å².